The molecule has 2 rings (SSSR count). The number of aromatic nitrogens is 2. The summed E-state index contributed by atoms with van der Waals surface area (Å²) >= 11 is 1.62. The summed E-state index contributed by atoms with van der Waals surface area (Å²) in [5.74, 6) is 1.24. The molecule has 2 heterocycles. The molecule has 0 aliphatic carbocycles. The molecule has 0 bridgehead atoms. The highest BCUT2D eigenvalue weighted by Crippen LogP contribution is 2.28. The molecule has 0 aliphatic heterocycles. The van der Waals surface area contributed by atoms with E-state index in [0.717, 1.165) is 4.88 Å². The molecule has 1 N–H and O–H groups in total. The van der Waals surface area contributed by atoms with Gasteiger partial charge in [0.15, 0.2) is 0 Å². The summed E-state index contributed by atoms with van der Waals surface area (Å²) in [5, 5.41) is 13.1. The van der Waals surface area contributed by atoms with E-state index >= 15 is 0 Å². The lowest BCUT2D eigenvalue weighted by molar-refractivity contribution is 0.442. The van der Waals surface area contributed by atoms with E-state index in [1.54, 1.807) is 11.3 Å². The Bertz CT molecular complexity index is 449. The van der Waals surface area contributed by atoms with Crippen molar-refractivity contribution in [2.24, 2.45) is 0 Å². The van der Waals surface area contributed by atoms with E-state index in [1.807, 2.05) is 32.3 Å². The average Bonchev–Trinajstić information content (AvgIpc) is 2.84. The van der Waals surface area contributed by atoms with Crippen LogP contribution in [-0.2, 0) is 0 Å². The molecule has 0 saturated carbocycles. The topological polar surface area (TPSA) is 51.0 Å². The lowest BCUT2D eigenvalue weighted by Crippen LogP contribution is -2.12. The van der Waals surface area contributed by atoms with Crippen LogP contribution in [0.3, 0.4) is 0 Å². The Morgan fingerprint density at radius 2 is 2.27 bits per heavy atom. The first-order chi connectivity index (χ1) is 7.22. The smallest absolute Gasteiger partial charge is 0.258 e. The highest BCUT2D eigenvalue weighted by atomic mass is 32.1. The minimum atomic E-state index is 0.0894. The Morgan fingerprint density at radius 1 is 1.47 bits per heavy atom. The zero-order valence-corrected chi connectivity index (χ0v) is 9.76. The van der Waals surface area contributed by atoms with Crippen molar-refractivity contribution >= 4 is 11.3 Å². The van der Waals surface area contributed by atoms with Crippen molar-refractivity contribution in [1.29, 1.82) is 0 Å². The van der Waals surface area contributed by atoms with Crippen molar-refractivity contribution in [3.63, 3.8) is 0 Å². The Hall–Kier alpha value is -1.20. The Morgan fingerprint density at radius 3 is 2.87 bits per heavy atom. The fraction of sp³-hybridized carbons (Fsp3) is 0.400. The standard InChI is InChI=1S/C10H13N3OS/c1-6-4-5-15-8(6)10-13-12-9(14-10)7(2)11-3/h4-5,7,11H,1-3H3. The number of nitrogens with zero attached hydrogens (tertiary/aromatic N) is 2. The van der Waals surface area contributed by atoms with Crippen molar-refractivity contribution in [3.8, 4) is 10.8 Å². The van der Waals surface area contributed by atoms with E-state index in [2.05, 4.69) is 15.5 Å². The fourth-order valence-electron chi connectivity index (χ4n) is 1.22. The summed E-state index contributed by atoms with van der Waals surface area (Å²) in [7, 11) is 1.87. The van der Waals surface area contributed by atoms with Crippen LogP contribution >= 0.6 is 11.3 Å². The normalized spacial score (nSPS) is 13.0. The summed E-state index contributed by atoms with van der Waals surface area (Å²) in [6.07, 6.45) is 0. The SMILES string of the molecule is CNC(C)c1nnc(-c2sccc2C)o1. The number of hydrogen-bond donors (Lipinski definition) is 1. The van der Waals surface area contributed by atoms with Crippen LogP contribution in [-0.4, -0.2) is 17.2 Å². The van der Waals surface area contributed by atoms with Gasteiger partial charge in [-0.05, 0) is 37.9 Å². The number of aryl methyl sites for hydroxylation is 1. The van der Waals surface area contributed by atoms with E-state index in [1.165, 1.54) is 5.56 Å². The third kappa shape index (κ3) is 1.93. The van der Waals surface area contributed by atoms with Gasteiger partial charge in [0, 0.05) is 0 Å². The molecule has 2 aromatic heterocycles. The third-order valence-corrected chi connectivity index (χ3v) is 3.30. The second-order valence-electron chi connectivity index (χ2n) is 3.39. The van der Waals surface area contributed by atoms with Crippen LogP contribution in [0.1, 0.15) is 24.4 Å². The van der Waals surface area contributed by atoms with E-state index < -0.39 is 0 Å². The van der Waals surface area contributed by atoms with E-state index in [-0.39, 0.29) is 6.04 Å². The predicted molar refractivity (Wildman–Crippen MR) is 59.8 cm³/mol. The molecule has 0 aliphatic rings. The molecule has 0 aromatic carbocycles. The molecule has 0 amide bonds. The number of thiophene rings is 1. The second kappa shape index (κ2) is 4.12. The van der Waals surface area contributed by atoms with Gasteiger partial charge < -0.3 is 9.73 Å². The largest absolute Gasteiger partial charge is 0.418 e. The van der Waals surface area contributed by atoms with Crippen molar-refractivity contribution in [2.45, 2.75) is 19.9 Å². The molecule has 0 spiro atoms. The molecule has 5 heteroatoms. The molecule has 4 nitrogen and oxygen atoms in total. The van der Waals surface area contributed by atoms with Gasteiger partial charge in [0.05, 0.1) is 10.9 Å². The van der Waals surface area contributed by atoms with Gasteiger partial charge in [-0.25, -0.2) is 0 Å². The monoisotopic (exact) mass is 223 g/mol. The Kier molecular flexibility index (Phi) is 2.83. The van der Waals surface area contributed by atoms with Crippen LogP contribution in [0.5, 0.6) is 0 Å². The summed E-state index contributed by atoms with van der Waals surface area (Å²) in [4.78, 5) is 1.05. The molecule has 0 fully saturated rings. The Balaban J connectivity index is 2.32. The quantitative estimate of drug-likeness (QED) is 0.868. The lowest BCUT2D eigenvalue weighted by atomic mass is 10.3. The lowest BCUT2D eigenvalue weighted by Gasteiger charge is -2.02. The van der Waals surface area contributed by atoms with Gasteiger partial charge in [-0.15, -0.1) is 21.5 Å². The zero-order valence-electron chi connectivity index (χ0n) is 8.94. The minimum Gasteiger partial charge on any atom is -0.418 e. The third-order valence-electron chi connectivity index (χ3n) is 2.30. The van der Waals surface area contributed by atoms with E-state index in [0.29, 0.717) is 11.8 Å². The molecule has 0 saturated heterocycles. The first-order valence-electron chi connectivity index (χ1n) is 4.77. The molecular weight excluding hydrogens is 210 g/mol. The van der Waals surface area contributed by atoms with Gasteiger partial charge in [0.2, 0.25) is 5.89 Å². The summed E-state index contributed by atoms with van der Waals surface area (Å²) in [5.41, 5.74) is 1.17. The second-order valence-corrected chi connectivity index (χ2v) is 4.30. The van der Waals surface area contributed by atoms with Crippen molar-refractivity contribution in [3.05, 3.63) is 22.9 Å². The number of nitrogens with one attached hydrogen (secondary N) is 1. The van der Waals surface area contributed by atoms with Gasteiger partial charge in [-0.1, -0.05) is 0 Å². The summed E-state index contributed by atoms with van der Waals surface area (Å²) in [6.45, 7) is 4.02. The maximum absolute atomic E-state index is 5.59. The van der Waals surface area contributed by atoms with Crippen molar-refractivity contribution in [1.82, 2.24) is 15.5 Å². The highest BCUT2D eigenvalue weighted by molar-refractivity contribution is 7.13. The van der Waals surface area contributed by atoms with Crippen LogP contribution in [0.2, 0.25) is 0 Å². The fourth-order valence-corrected chi connectivity index (χ4v) is 2.06. The molecule has 1 unspecified atom stereocenters. The van der Waals surface area contributed by atoms with E-state index in [9.17, 15) is 0 Å². The van der Waals surface area contributed by atoms with Crippen molar-refractivity contribution in [2.75, 3.05) is 7.05 Å². The molecule has 1 atom stereocenters. The number of hydrogen-bond acceptors (Lipinski definition) is 5. The van der Waals surface area contributed by atoms with Crippen LogP contribution < -0.4 is 5.32 Å². The van der Waals surface area contributed by atoms with Crippen LogP contribution in [0.15, 0.2) is 15.9 Å². The molecular formula is C10H13N3OS. The maximum atomic E-state index is 5.59. The maximum Gasteiger partial charge on any atom is 0.258 e. The average molecular weight is 223 g/mol. The molecule has 15 heavy (non-hydrogen) atoms. The highest BCUT2D eigenvalue weighted by Gasteiger charge is 2.15. The van der Waals surface area contributed by atoms with Gasteiger partial charge in [-0.3, -0.25) is 0 Å². The van der Waals surface area contributed by atoms with Gasteiger partial charge in [0.25, 0.3) is 5.89 Å². The number of rotatable bonds is 3. The first kappa shape index (κ1) is 10.3. The Labute approximate surface area is 92.3 Å². The minimum absolute atomic E-state index is 0.0894. The van der Waals surface area contributed by atoms with Gasteiger partial charge in [-0.2, -0.15) is 0 Å². The molecule has 0 radical (unpaired) electrons. The van der Waals surface area contributed by atoms with Crippen molar-refractivity contribution < 1.29 is 4.42 Å². The van der Waals surface area contributed by atoms with Crippen LogP contribution in [0.25, 0.3) is 10.8 Å². The van der Waals surface area contributed by atoms with Crippen LogP contribution in [0.4, 0.5) is 0 Å². The zero-order chi connectivity index (χ0) is 10.8. The van der Waals surface area contributed by atoms with Gasteiger partial charge >= 0.3 is 0 Å². The summed E-state index contributed by atoms with van der Waals surface area (Å²) in [6, 6.07) is 2.14. The van der Waals surface area contributed by atoms with E-state index in [4.69, 9.17) is 4.42 Å². The predicted octanol–water partition coefficient (Wildman–Crippen LogP) is 2.39. The first-order valence-corrected chi connectivity index (χ1v) is 5.65. The molecule has 2 aromatic rings. The van der Waals surface area contributed by atoms with Crippen LogP contribution in [0, 0.1) is 6.92 Å². The molecule has 80 valence electrons. The summed E-state index contributed by atoms with van der Waals surface area (Å²) < 4.78 is 5.59. The van der Waals surface area contributed by atoms with Gasteiger partial charge in [0.1, 0.15) is 0 Å².